The van der Waals surface area contributed by atoms with Gasteiger partial charge in [0.2, 0.25) is 0 Å². The van der Waals surface area contributed by atoms with E-state index in [0.717, 1.165) is 30.1 Å². The molecule has 6 nitrogen and oxygen atoms in total. The van der Waals surface area contributed by atoms with Crippen LogP contribution < -0.4 is 5.73 Å². The largest absolute Gasteiger partial charge is 0.375 e. The number of guanidine groups is 1. The first kappa shape index (κ1) is 17.0. The fourth-order valence-electron chi connectivity index (χ4n) is 2.56. The molecule has 7 heteroatoms. The Balaban J connectivity index is 0.00000176. The van der Waals surface area contributed by atoms with Crippen LogP contribution in [0.1, 0.15) is 18.3 Å². The lowest BCUT2D eigenvalue weighted by Gasteiger charge is -2.31. The van der Waals surface area contributed by atoms with Gasteiger partial charge in [0.1, 0.15) is 5.65 Å². The van der Waals surface area contributed by atoms with Crippen molar-refractivity contribution in [3.05, 3.63) is 35.8 Å². The maximum Gasteiger partial charge on any atom is 0.191 e. The van der Waals surface area contributed by atoms with E-state index in [0.29, 0.717) is 19.1 Å². The number of aromatic nitrogens is 2. The van der Waals surface area contributed by atoms with E-state index < -0.39 is 0 Å². The van der Waals surface area contributed by atoms with Crippen LogP contribution in [0.4, 0.5) is 0 Å². The van der Waals surface area contributed by atoms with E-state index in [9.17, 15) is 0 Å². The Labute approximate surface area is 147 Å². The zero-order valence-electron chi connectivity index (χ0n) is 12.9. The van der Waals surface area contributed by atoms with Crippen LogP contribution in [0.15, 0.2) is 29.4 Å². The maximum atomic E-state index is 6.07. The van der Waals surface area contributed by atoms with Crippen molar-refractivity contribution >= 4 is 35.6 Å². The van der Waals surface area contributed by atoms with Gasteiger partial charge >= 0.3 is 0 Å². The Morgan fingerprint density at radius 2 is 2.32 bits per heavy atom. The first-order valence-corrected chi connectivity index (χ1v) is 7.23. The summed E-state index contributed by atoms with van der Waals surface area (Å²) in [4.78, 5) is 11.1. The molecule has 2 N–H and O–H groups in total. The molecule has 0 aromatic carbocycles. The van der Waals surface area contributed by atoms with E-state index in [1.807, 2.05) is 25.3 Å². The highest BCUT2D eigenvalue weighted by molar-refractivity contribution is 14.0. The minimum atomic E-state index is 0. The number of aryl methyl sites for hydroxylation is 1. The topological polar surface area (TPSA) is 68.1 Å². The summed E-state index contributed by atoms with van der Waals surface area (Å²) in [7, 11) is 0. The van der Waals surface area contributed by atoms with Gasteiger partial charge < -0.3 is 19.8 Å². The third kappa shape index (κ3) is 3.70. The van der Waals surface area contributed by atoms with E-state index in [1.54, 1.807) is 0 Å². The first-order chi connectivity index (χ1) is 10.1. The van der Waals surface area contributed by atoms with Crippen molar-refractivity contribution in [2.24, 2.45) is 10.7 Å². The summed E-state index contributed by atoms with van der Waals surface area (Å²) >= 11 is 0. The van der Waals surface area contributed by atoms with Crippen LogP contribution in [0.25, 0.3) is 5.65 Å². The lowest BCUT2D eigenvalue weighted by molar-refractivity contribution is 0.00528. The highest BCUT2D eigenvalue weighted by Gasteiger charge is 2.17. The number of ether oxygens (including phenoxy) is 1. The monoisotopic (exact) mass is 415 g/mol. The van der Waals surface area contributed by atoms with Gasteiger partial charge in [0.15, 0.2) is 5.96 Å². The van der Waals surface area contributed by atoms with Crippen LogP contribution in [-0.2, 0) is 11.3 Å². The van der Waals surface area contributed by atoms with Crippen molar-refractivity contribution in [1.29, 1.82) is 0 Å². The summed E-state index contributed by atoms with van der Waals surface area (Å²) in [6.07, 6.45) is 2.22. The third-order valence-corrected chi connectivity index (χ3v) is 3.71. The van der Waals surface area contributed by atoms with E-state index in [2.05, 4.69) is 32.3 Å². The summed E-state index contributed by atoms with van der Waals surface area (Å²) in [6.45, 7) is 6.89. The average Bonchev–Trinajstić information content (AvgIpc) is 2.89. The summed E-state index contributed by atoms with van der Waals surface area (Å²) in [5.74, 6) is 0.568. The third-order valence-electron chi connectivity index (χ3n) is 3.71. The zero-order chi connectivity index (χ0) is 14.8. The Kier molecular flexibility index (Phi) is 5.63. The van der Waals surface area contributed by atoms with E-state index in [-0.39, 0.29) is 30.1 Å². The fraction of sp³-hybridized carbons (Fsp3) is 0.467. The number of halogens is 1. The number of nitrogens with zero attached hydrogens (tertiary/aromatic N) is 4. The van der Waals surface area contributed by atoms with Crippen LogP contribution >= 0.6 is 24.0 Å². The second kappa shape index (κ2) is 7.28. The Bertz CT molecular complexity index is 669. The van der Waals surface area contributed by atoms with Gasteiger partial charge in [-0.3, -0.25) is 0 Å². The van der Waals surface area contributed by atoms with Crippen molar-refractivity contribution in [3.8, 4) is 0 Å². The lowest BCUT2D eigenvalue weighted by Crippen LogP contribution is -2.47. The second-order valence-electron chi connectivity index (χ2n) is 5.43. The van der Waals surface area contributed by atoms with Crippen molar-refractivity contribution < 1.29 is 4.74 Å². The van der Waals surface area contributed by atoms with Crippen LogP contribution in [0.5, 0.6) is 0 Å². The Morgan fingerprint density at radius 3 is 3.05 bits per heavy atom. The van der Waals surface area contributed by atoms with Crippen LogP contribution in [0.3, 0.4) is 0 Å². The highest BCUT2D eigenvalue weighted by atomic mass is 127. The number of rotatable bonds is 2. The minimum Gasteiger partial charge on any atom is -0.375 e. The fourth-order valence-corrected chi connectivity index (χ4v) is 2.56. The molecular weight excluding hydrogens is 393 g/mol. The standard InChI is InChI=1S/C15H21N5O.HI/c1-11-4-3-5-14-18-13(10-20(11)14)8-17-15(16)19-6-7-21-12(2)9-19;/h3-5,10,12H,6-9H2,1-2H3,(H2,16,17);1H. The van der Waals surface area contributed by atoms with E-state index in [1.165, 1.54) is 0 Å². The summed E-state index contributed by atoms with van der Waals surface area (Å²) in [5.41, 5.74) is 9.09. The van der Waals surface area contributed by atoms with Gasteiger partial charge in [-0.05, 0) is 26.0 Å². The van der Waals surface area contributed by atoms with Gasteiger partial charge in [0.25, 0.3) is 0 Å². The summed E-state index contributed by atoms with van der Waals surface area (Å²) in [5, 5.41) is 0. The number of pyridine rings is 1. The number of hydrogen-bond acceptors (Lipinski definition) is 3. The predicted octanol–water partition coefficient (Wildman–Crippen LogP) is 1.80. The molecular formula is C15H22IN5O. The molecule has 1 aliphatic heterocycles. The van der Waals surface area contributed by atoms with Crippen molar-refractivity contribution in [2.45, 2.75) is 26.5 Å². The molecule has 0 bridgehead atoms. The van der Waals surface area contributed by atoms with E-state index >= 15 is 0 Å². The number of imidazole rings is 1. The van der Waals surface area contributed by atoms with Gasteiger partial charge in [0.05, 0.1) is 24.9 Å². The number of fused-ring (bicyclic) bond motifs is 1. The van der Waals surface area contributed by atoms with Crippen molar-refractivity contribution in [3.63, 3.8) is 0 Å². The highest BCUT2D eigenvalue weighted by Crippen LogP contribution is 2.10. The molecule has 1 unspecified atom stereocenters. The number of aliphatic imine (C=N–C) groups is 1. The smallest absolute Gasteiger partial charge is 0.191 e. The first-order valence-electron chi connectivity index (χ1n) is 7.23. The molecule has 0 saturated carbocycles. The second-order valence-corrected chi connectivity index (χ2v) is 5.43. The molecule has 22 heavy (non-hydrogen) atoms. The molecule has 2 aromatic rings. The Hall–Kier alpha value is -1.35. The molecule has 0 spiro atoms. The van der Waals surface area contributed by atoms with Crippen molar-refractivity contribution in [2.75, 3.05) is 19.7 Å². The molecule has 0 amide bonds. The summed E-state index contributed by atoms with van der Waals surface area (Å²) in [6, 6.07) is 6.06. The van der Waals surface area contributed by atoms with Gasteiger partial charge in [-0.2, -0.15) is 0 Å². The minimum absolute atomic E-state index is 0. The van der Waals surface area contributed by atoms with Gasteiger partial charge in [-0.15, -0.1) is 24.0 Å². The average molecular weight is 415 g/mol. The molecule has 2 aromatic heterocycles. The van der Waals surface area contributed by atoms with Crippen LogP contribution in [0.2, 0.25) is 0 Å². The number of hydrogen-bond donors (Lipinski definition) is 1. The van der Waals surface area contributed by atoms with E-state index in [4.69, 9.17) is 10.5 Å². The SMILES string of the molecule is Cc1cccc2nc(CN=C(N)N3CCOC(C)C3)cn12.I. The zero-order valence-corrected chi connectivity index (χ0v) is 15.2. The molecule has 1 aliphatic rings. The van der Waals surface area contributed by atoms with Crippen LogP contribution in [-0.4, -0.2) is 46.0 Å². The molecule has 0 radical (unpaired) electrons. The Morgan fingerprint density at radius 1 is 1.50 bits per heavy atom. The molecule has 3 heterocycles. The van der Waals surface area contributed by atoms with Gasteiger partial charge in [-0.25, -0.2) is 9.98 Å². The summed E-state index contributed by atoms with van der Waals surface area (Å²) < 4.78 is 7.57. The predicted molar refractivity (Wildman–Crippen MR) is 97.7 cm³/mol. The normalized spacial score (nSPS) is 19.3. The molecule has 1 atom stereocenters. The quantitative estimate of drug-likeness (QED) is 0.462. The number of morpholine rings is 1. The molecule has 0 aliphatic carbocycles. The molecule has 1 fully saturated rings. The molecule has 120 valence electrons. The number of nitrogens with two attached hydrogens (primary N) is 1. The lowest BCUT2D eigenvalue weighted by atomic mass is 10.3. The molecule has 1 saturated heterocycles. The maximum absolute atomic E-state index is 6.07. The van der Waals surface area contributed by atoms with Crippen molar-refractivity contribution in [1.82, 2.24) is 14.3 Å². The molecule has 3 rings (SSSR count). The van der Waals surface area contributed by atoms with Gasteiger partial charge in [-0.1, -0.05) is 6.07 Å². The van der Waals surface area contributed by atoms with Crippen LogP contribution in [0, 0.1) is 6.92 Å². The van der Waals surface area contributed by atoms with Gasteiger partial charge in [0, 0.05) is 25.0 Å².